The van der Waals surface area contributed by atoms with Gasteiger partial charge in [0.2, 0.25) is 5.91 Å². The summed E-state index contributed by atoms with van der Waals surface area (Å²) in [7, 11) is 1.63. The number of carbonyl (C=O) groups excluding carboxylic acids is 2. The van der Waals surface area contributed by atoms with Crippen LogP contribution in [0.1, 0.15) is 29.1 Å². The summed E-state index contributed by atoms with van der Waals surface area (Å²) in [5.74, 6) is -0.0854. The van der Waals surface area contributed by atoms with Gasteiger partial charge in [-0.3, -0.25) is 9.59 Å². The van der Waals surface area contributed by atoms with E-state index in [0.717, 1.165) is 24.2 Å². The predicted molar refractivity (Wildman–Crippen MR) is 113 cm³/mol. The number of piperidine rings is 1. The van der Waals surface area contributed by atoms with Crippen LogP contribution in [-0.2, 0) is 10.3 Å². The smallest absolute Gasteiger partial charge is 0.289 e. The fourth-order valence-corrected chi connectivity index (χ4v) is 4.57. The first-order valence-electron chi connectivity index (χ1n) is 10.2. The average molecular weight is 404 g/mol. The van der Waals surface area contributed by atoms with E-state index < -0.39 is 0 Å². The highest BCUT2D eigenvalue weighted by Crippen LogP contribution is 2.43. The summed E-state index contributed by atoms with van der Waals surface area (Å²) >= 11 is 0. The predicted octanol–water partition coefficient (Wildman–Crippen LogP) is 3.09. The molecule has 0 unspecified atom stereocenters. The first-order chi connectivity index (χ1) is 14.6. The molecule has 7 nitrogen and oxygen atoms in total. The van der Waals surface area contributed by atoms with Crippen molar-refractivity contribution in [2.75, 3.05) is 32.0 Å². The molecule has 1 saturated heterocycles. The summed E-state index contributed by atoms with van der Waals surface area (Å²) in [5.41, 5.74) is 3.31. The molecule has 2 aliphatic heterocycles. The van der Waals surface area contributed by atoms with E-state index in [1.165, 1.54) is 16.9 Å². The van der Waals surface area contributed by atoms with Gasteiger partial charge in [-0.05, 0) is 49.2 Å². The molecule has 1 aromatic carbocycles. The maximum Gasteiger partial charge on any atom is 0.289 e. The number of rotatable bonds is 3. The fraction of sp³-hybridized carbons (Fsp3) is 0.304. The lowest BCUT2D eigenvalue weighted by molar-refractivity contribution is -0.133. The standard InChI is InChI=1S/C23H24N4O3/c1-25(22(29)19-8-5-15-30-19)16-21(28)26-13-10-23(11-14-26)20-9-4-12-27(20)18-7-3-2-6-17(18)24-23/h2-9,12,15,24H,10-11,13-14,16H2,1H3. The number of furan rings is 1. The van der Waals surface area contributed by atoms with Crippen molar-refractivity contribution in [1.82, 2.24) is 14.4 Å². The highest BCUT2D eigenvalue weighted by Gasteiger charge is 2.42. The van der Waals surface area contributed by atoms with Gasteiger partial charge >= 0.3 is 0 Å². The van der Waals surface area contributed by atoms with Crippen LogP contribution in [0.3, 0.4) is 0 Å². The normalized spacial score (nSPS) is 16.5. The molecule has 5 rings (SSSR count). The molecule has 30 heavy (non-hydrogen) atoms. The van der Waals surface area contributed by atoms with Gasteiger partial charge in [-0.15, -0.1) is 0 Å². The first kappa shape index (κ1) is 18.5. The second-order valence-electron chi connectivity index (χ2n) is 8.01. The van der Waals surface area contributed by atoms with Crippen LogP contribution in [-0.4, -0.2) is 52.9 Å². The molecule has 0 radical (unpaired) electrons. The number of hydrogen-bond acceptors (Lipinski definition) is 4. The molecule has 2 aromatic heterocycles. The summed E-state index contributed by atoms with van der Waals surface area (Å²) in [6.07, 6.45) is 5.18. The number of benzene rings is 1. The molecular weight excluding hydrogens is 380 g/mol. The molecule has 0 saturated carbocycles. The van der Waals surface area contributed by atoms with Crippen LogP contribution in [0, 0.1) is 0 Å². The van der Waals surface area contributed by atoms with Crippen LogP contribution in [0.2, 0.25) is 0 Å². The molecule has 2 amide bonds. The van der Waals surface area contributed by atoms with Crippen molar-refractivity contribution in [3.8, 4) is 5.69 Å². The molecule has 1 fully saturated rings. The van der Waals surface area contributed by atoms with Crippen LogP contribution >= 0.6 is 0 Å². The third-order valence-electron chi connectivity index (χ3n) is 6.20. The number of nitrogens with zero attached hydrogens (tertiary/aromatic N) is 3. The summed E-state index contributed by atoms with van der Waals surface area (Å²) in [4.78, 5) is 28.4. The average Bonchev–Trinajstić information content (AvgIpc) is 3.46. The van der Waals surface area contributed by atoms with Gasteiger partial charge < -0.3 is 24.1 Å². The lowest BCUT2D eigenvalue weighted by Gasteiger charge is -2.46. The monoisotopic (exact) mass is 404 g/mol. The number of fused-ring (bicyclic) bond motifs is 4. The Morgan fingerprint density at radius 2 is 1.90 bits per heavy atom. The third kappa shape index (κ3) is 2.98. The second kappa shape index (κ2) is 7.09. The van der Waals surface area contributed by atoms with Gasteiger partial charge in [0.15, 0.2) is 5.76 Å². The second-order valence-corrected chi connectivity index (χ2v) is 8.01. The number of hydrogen-bond donors (Lipinski definition) is 1. The first-order valence-corrected chi connectivity index (χ1v) is 10.2. The summed E-state index contributed by atoms with van der Waals surface area (Å²) < 4.78 is 7.40. The van der Waals surface area contributed by atoms with Crippen LogP contribution in [0.15, 0.2) is 65.4 Å². The molecular formula is C23H24N4O3. The van der Waals surface area contributed by atoms with E-state index in [9.17, 15) is 9.59 Å². The number of likely N-dealkylation sites (tertiary alicyclic amines) is 1. The number of aromatic nitrogens is 1. The molecule has 0 bridgehead atoms. The van der Waals surface area contributed by atoms with Crippen molar-refractivity contribution in [3.63, 3.8) is 0 Å². The summed E-state index contributed by atoms with van der Waals surface area (Å²) in [5, 5.41) is 3.76. The van der Waals surface area contributed by atoms with Gasteiger partial charge in [0.05, 0.1) is 29.7 Å². The van der Waals surface area contributed by atoms with E-state index in [-0.39, 0.29) is 29.7 Å². The Kier molecular flexibility index (Phi) is 4.38. The lowest BCUT2D eigenvalue weighted by Crippen LogP contribution is -2.52. The Hall–Kier alpha value is -3.48. The number of anilines is 1. The molecule has 4 heterocycles. The molecule has 154 valence electrons. The Bertz CT molecular complexity index is 1080. The molecule has 7 heteroatoms. The molecule has 2 aliphatic rings. The van der Waals surface area contributed by atoms with E-state index in [4.69, 9.17) is 4.42 Å². The van der Waals surface area contributed by atoms with Gasteiger partial charge in [-0.2, -0.15) is 0 Å². The largest absolute Gasteiger partial charge is 0.459 e. The van der Waals surface area contributed by atoms with Gasteiger partial charge in [-0.25, -0.2) is 0 Å². The van der Waals surface area contributed by atoms with Gasteiger partial charge in [-0.1, -0.05) is 12.1 Å². The highest BCUT2D eigenvalue weighted by atomic mass is 16.3. The van der Waals surface area contributed by atoms with Crippen LogP contribution in [0.5, 0.6) is 0 Å². The zero-order chi connectivity index (χ0) is 20.7. The Morgan fingerprint density at radius 1 is 1.10 bits per heavy atom. The summed E-state index contributed by atoms with van der Waals surface area (Å²) in [6, 6.07) is 15.8. The molecule has 1 N–H and O–H groups in total. The molecule has 0 atom stereocenters. The zero-order valence-corrected chi connectivity index (χ0v) is 16.9. The number of amides is 2. The SMILES string of the molecule is CN(CC(=O)N1CCC2(CC1)Nc1ccccc1-n1cccc12)C(=O)c1ccco1. The maximum atomic E-state index is 12.8. The van der Waals surface area contributed by atoms with Crippen molar-refractivity contribution in [1.29, 1.82) is 0 Å². The minimum Gasteiger partial charge on any atom is -0.459 e. The third-order valence-corrected chi connectivity index (χ3v) is 6.20. The highest BCUT2D eigenvalue weighted by molar-refractivity contribution is 5.94. The minimum absolute atomic E-state index is 0.0408. The topological polar surface area (TPSA) is 70.7 Å². The van der Waals surface area contributed by atoms with E-state index in [1.54, 1.807) is 19.2 Å². The van der Waals surface area contributed by atoms with Crippen LogP contribution in [0.4, 0.5) is 5.69 Å². The quantitative estimate of drug-likeness (QED) is 0.728. The number of likely N-dealkylation sites (N-methyl/N-ethyl adjacent to an activating group) is 1. The van der Waals surface area contributed by atoms with Gasteiger partial charge in [0.1, 0.15) is 0 Å². The molecule has 0 aliphatic carbocycles. The van der Waals surface area contributed by atoms with Gasteiger partial charge in [0, 0.05) is 32.0 Å². The van der Waals surface area contributed by atoms with Crippen molar-refractivity contribution < 1.29 is 14.0 Å². The fourth-order valence-electron chi connectivity index (χ4n) is 4.57. The van der Waals surface area contributed by atoms with E-state index in [2.05, 4.69) is 40.3 Å². The number of carbonyl (C=O) groups is 2. The number of nitrogens with one attached hydrogen (secondary N) is 1. The van der Waals surface area contributed by atoms with Crippen LogP contribution < -0.4 is 5.32 Å². The zero-order valence-electron chi connectivity index (χ0n) is 16.9. The summed E-state index contributed by atoms with van der Waals surface area (Å²) in [6.45, 7) is 1.32. The lowest BCUT2D eigenvalue weighted by atomic mass is 9.82. The van der Waals surface area contributed by atoms with Crippen LogP contribution in [0.25, 0.3) is 5.69 Å². The number of para-hydroxylation sites is 2. The Morgan fingerprint density at radius 3 is 2.67 bits per heavy atom. The Labute approximate surface area is 174 Å². The minimum atomic E-state index is -0.287. The maximum absolute atomic E-state index is 12.8. The molecule has 3 aromatic rings. The van der Waals surface area contributed by atoms with Crippen molar-refractivity contribution in [3.05, 3.63) is 72.4 Å². The molecule has 1 spiro atoms. The van der Waals surface area contributed by atoms with Crippen molar-refractivity contribution in [2.45, 2.75) is 18.4 Å². The van der Waals surface area contributed by atoms with E-state index in [1.807, 2.05) is 17.0 Å². The van der Waals surface area contributed by atoms with Crippen molar-refractivity contribution in [2.24, 2.45) is 0 Å². The van der Waals surface area contributed by atoms with E-state index >= 15 is 0 Å². The van der Waals surface area contributed by atoms with Crippen molar-refractivity contribution >= 4 is 17.5 Å². The van der Waals surface area contributed by atoms with E-state index in [0.29, 0.717) is 13.1 Å². The Balaban J connectivity index is 1.28. The van der Waals surface area contributed by atoms with Gasteiger partial charge in [0.25, 0.3) is 5.91 Å².